The molecule has 0 fully saturated rings. The second-order valence-electron chi connectivity index (χ2n) is 5.35. The zero-order chi connectivity index (χ0) is 16.2. The Labute approximate surface area is 138 Å². The summed E-state index contributed by atoms with van der Waals surface area (Å²) in [6, 6.07) is 8.82. The average molecular weight is 330 g/mol. The van der Waals surface area contributed by atoms with Crippen LogP contribution < -0.4 is 10.6 Å². The number of rotatable bonds is 3. The Morgan fingerprint density at radius 3 is 2.57 bits per heavy atom. The molecular formula is C17H18N2O3S. The van der Waals surface area contributed by atoms with E-state index in [1.54, 1.807) is 12.1 Å². The molecule has 2 amide bonds. The quantitative estimate of drug-likeness (QED) is 0.834. The maximum atomic E-state index is 12.2. The predicted molar refractivity (Wildman–Crippen MR) is 91.4 cm³/mol. The highest BCUT2D eigenvalue weighted by Crippen LogP contribution is 2.38. The Hall–Kier alpha value is -2.34. The molecule has 1 aliphatic rings. The molecule has 1 aromatic heterocycles. The number of hydrogen-bond donors (Lipinski definition) is 2. The van der Waals surface area contributed by atoms with E-state index in [2.05, 4.69) is 10.6 Å². The van der Waals surface area contributed by atoms with Gasteiger partial charge in [0, 0.05) is 10.6 Å². The van der Waals surface area contributed by atoms with Gasteiger partial charge in [-0.3, -0.25) is 5.32 Å². The summed E-state index contributed by atoms with van der Waals surface area (Å²) in [6.07, 6.45) is 3.98. The molecule has 0 saturated carbocycles. The minimum absolute atomic E-state index is 0.361. The SMILES string of the molecule is COC(=O)c1c(NC(=O)Nc2ccccc2)sc2c1CCCC2. The first kappa shape index (κ1) is 15.6. The van der Waals surface area contributed by atoms with Gasteiger partial charge in [0.05, 0.1) is 12.7 Å². The molecule has 0 bridgehead atoms. The van der Waals surface area contributed by atoms with Crippen molar-refractivity contribution < 1.29 is 14.3 Å². The highest BCUT2D eigenvalue weighted by molar-refractivity contribution is 7.17. The number of aryl methyl sites for hydroxylation is 1. The molecule has 0 aliphatic heterocycles. The van der Waals surface area contributed by atoms with Crippen molar-refractivity contribution >= 4 is 34.0 Å². The van der Waals surface area contributed by atoms with Crippen molar-refractivity contribution in [1.82, 2.24) is 0 Å². The van der Waals surface area contributed by atoms with Crippen molar-refractivity contribution in [3.63, 3.8) is 0 Å². The summed E-state index contributed by atoms with van der Waals surface area (Å²) in [4.78, 5) is 25.5. The molecule has 2 N–H and O–H groups in total. The van der Waals surface area contributed by atoms with E-state index < -0.39 is 0 Å². The molecule has 6 heteroatoms. The third-order valence-corrected chi connectivity index (χ3v) is 5.03. The third-order valence-electron chi connectivity index (χ3n) is 3.82. The molecule has 2 aromatic rings. The Bertz CT molecular complexity index is 725. The van der Waals surface area contributed by atoms with Gasteiger partial charge in [0.2, 0.25) is 0 Å². The second kappa shape index (κ2) is 6.83. The number of urea groups is 1. The van der Waals surface area contributed by atoms with E-state index in [1.165, 1.54) is 23.3 Å². The van der Waals surface area contributed by atoms with E-state index in [0.717, 1.165) is 31.2 Å². The first-order valence-electron chi connectivity index (χ1n) is 7.55. The van der Waals surface area contributed by atoms with Crippen LogP contribution in [0.15, 0.2) is 30.3 Å². The third kappa shape index (κ3) is 3.37. The molecule has 0 spiro atoms. The Morgan fingerprint density at radius 1 is 1.09 bits per heavy atom. The lowest BCUT2D eigenvalue weighted by Gasteiger charge is -2.12. The van der Waals surface area contributed by atoms with Crippen molar-refractivity contribution in [2.45, 2.75) is 25.7 Å². The Balaban J connectivity index is 1.83. The standard InChI is InChI=1S/C17H18N2O3S/c1-22-16(20)14-12-9-5-6-10-13(12)23-15(14)19-17(21)18-11-7-3-2-4-8-11/h2-4,7-8H,5-6,9-10H2,1H3,(H2,18,19,21). The van der Waals surface area contributed by atoms with Crippen molar-refractivity contribution in [1.29, 1.82) is 0 Å². The topological polar surface area (TPSA) is 67.4 Å². The van der Waals surface area contributed by atoms with Crippen LogP contribution in [0.5, 0.6) is 0 Å². The molecule has 3 rings (SSSR count). The van der Waals surface area contributed by atoms with Crippen LogP contribution in [-0.4, -0.2) is 19.1 Å². The molecule has 1 aliphatic carbocycles. The van der Waals surface area contributed by atoms with E-state index >= 15 is 0 Å². The number of carbonyl (C=O) groups is 2. The largest absolute Gasteiger partial charge is 0.465 e. The Morgan fingerprint density at radius 2 is 1.83 bits per heavy atom. The zero-order valence-corrected chi connectivity index (χ0v) is 13.7. The minimum Gasteiger partial charge on any atom is -0.465 e. The number of hydrogen-bond acceptors (Lipinski definition) is 4. The van der Waals surface area contributed by atoms with Crippen LogP contribution in [0.25, 0.3) is 0 Å². The fraction of sp³-hybridized carbons (Fsp3) is 0.294. The number of amides is 2. The highest BCUT2D eigenvalue weighted by atomic mass is 32.1. The molecule has 120 valence electrons. The van der Waals surface area contributed by atoms with E-state index in [-0.39, 0.29) is 12.0 Å². The lowest BCUT2D eigenvalue weighted by molar-refractivity contribution is 0.0601. The second-order valence-corrected chi connectivity index (χ2v) is 6.46. The van der Waals surface area contributed by atoms with Crippen LogP contribution in [0.2, 0.25) is 0 Å². The van der Waals surface area contributed by atoms with Crippen LogP contribution in [0.1, 0.15) is 33.6 Å². The van der Waals surface area contributed by atoms with Gasteiger partial charge in [-0.2, -0.15) is 0 Å². The lowest BCUT2D eigenvalue weighted by Crippen LogP contribution is -2.20. The van der Waals surface area contributed by atoms with Gasteiger partial charge in [-0.05, 0) is 43.4 Å². The van der Waals surface area contributed by atoms with E-state index in [0.29, 0.717) is 16.3 Å². The first-order chi connectivity index (χ1) is 11.2. The smallest absolute Gasteiger partial charge is 0.341 e. The van der Waals surface area contributed by atoms with E-state index in [1.807, 2.05) is 18.2 Å². The van der Waals surface area contributed by atoms with Crippen LogP contribution in [-0.2, 0) is 17.6 Å². The number of benzene rings is 1. The lowest BCUT2D eigenvalue weighted by atomic mass is 9.95. The summed E-state index contributed by atoms with van der Waals surface area (Å²) in [7, 11) is 1.36. The number of nitrogens with one attached hydrogen (secondary N) is 2. The van der Waals surface area contributed by atoms with Crippen LogP contribution >= 0.6 is 11.3 Å². The van der Waals surface area contributed by atoms with Crippen molar-refractivity contribution in [3.8, 4) is 0 Å². The summed E-state index contributed by atoms with van der Waals surface area (Å²) in [6.45, 7) is 0. The molecule has 1 aromatic carbocycles. The van der Waals surface area contributed by atoms with Gasteiger partial charge in [0.1, 0.15) is 5.00 Å². The summed E-state index contributed by atoms with van der Waals surface area (Å²) in [5, 5.41) is 6.13. The number of anilines is 2. The summed E-state index contributed by atoms with van der Waals surface area (Å²) < 4.78 is 4.90. The highest BCUT2D eigenvalue weighted by Gasteiger charge is 2.26. The van der Waals surface area contributed by atoms with Gasteiger partial charge in [0.25, 0.3) is 0 Å². The van der Waals surface area contributed by atoms with Crippen LogP contribution in [0, 0.1) is 0 Å². The number of fused-ring (bicyclic) bond motifs is 1. The molecule has 23 heavy (non-hydrogen) atoms. The number of thiophene rings is 1. The molecule has 0 saturated heterocycles. The van der Waals surface area contributed by atoms with E-state index in [4.69, 9.17) is 4.74 Å². The Kier molecular flexibility index (Phi) is 4.62. The first-order valence-corrected chi connectivity index (χ1v) is 8.36. The summed E-state index contributed by atoms with van der Waals surface area (Å²) in [5.74, 6) is -0.389. The zero-order valence-electron chi connectivity index (χ0n) is 12.8. The number of methoxy groups -OCH3 is 1. The van der Waals surface area contributed by atoms with Crippen molar-refractivity contribution in [3.05, 3.63) is 46.3 Å². The number of carbonyl (C=O) groups excluding carboxylic acids is 2. The van der Waals surface area contributed by atoms with Crippen molar-refractivity contribution in [2.24, 2.45) is 0 Å². The molecule has 1 heterocycles. The molecule has 0 unspecified atom stereocenters. The maximum absolute atomic E-state index is 12.2. The fourth-order valence-corrected chi connectivity index (χ4v) is 4.03. The minimum atomic E-state index is -0.389. The predicted octanol–water partition coefficient (Wildman–Crippen LogP) is 4.06. The molecule has 0 radical (unpaired) electrons. The van der Waals surface area contributed by atoms with Crippen molar-refractivity contribution in [2.75, 3.05) is 17.7 Å². The van der Waals surface area contributed by atoms with Crippen LogP contribution in [0.3, 0.4) is 0 Å². The number of para-hydroxylation sites is 1. The average Bonchev–Trinajstić information content (AvgIpc) is 2.92. The number of ether oxygens (including phenoxy) is 1. The summed E-state index contributed by atoms with van der Waals surface area (Å²) >= 11 is 1.47. The fourth-order valence-electron chi connectivity index (χ4n) is 2.76. The van der Waals surface area contributed by atoms with Gasteiger partial charge in [-0.1, -0.05) is 18.2 Å². The van der Waals surface area contributed by atoms with Crippen LogP contribution in [0.4, 0.5) is 15.5 Å². The molecule has 0 atom stereocenters. The monoisotopic (exact) mass is 330 g/mol. The summed E-state index contributed by atoms with van der Waals surface area (Å²) in [5.41, 5.74) is 2.24. The van der Waals surface area contributed by atoms with Gasteiger partial charge in [0.15, 0.2) is 0 Å². The van der Waals surface area contributed by atoms with E-state index in [9.17, 15) is 9.59 Å². The van der Waals surface area contributed by atoms with Gasteiger partial charge >= 0.3 is 12.0 Å². The normalized spacial score (nSPS) is 13.1. The van der Waals surface area contributed by atoms with Gasteiger partial charge < -0.3 is 10.1 Å². The van der Waals surface area contributed by atoms with Gasteiger partial charge in [-0.25, -0.2) is 9.59 Å². The molecular weight excluding hydrogens is 312 g/mol. The van der Waals surface area contributed by atoms with Gasteiger partial charge in [-0.15, -0.1) is 11.3 Å². The number of esters is 1. The molecule has 5 nitrogen and oxygen atoms in total. The maximum Gasteiger partial charge on any atom is 0.341 e.